The van der Waals surface area contributed by atoms with Crippen LogP contribution in [0.5, 0.6) is 0 Å². The van der Waals surface area contributed by atoms with Gasteiger partial charge in [-0.3, -0.25) is 4.72 Å². The molecule has 0 unspecified atom stereocenters. The Bertz CT molecular complexity index is 1060. The Morgan fingerprint density at radius 2 is 1.46 bits per heavy atom. The zero-order valence-corrected chi connectivity index (χ0v) is 16.8. The van der Waals surface area contributed by atoms with Gasteiger partial charge in [0.15, 0.2) is 0 Å². The fraction of sp³-hybridized carbons (Fsp3) is 0.273. The summed E-state index contributed by atoms with van der Waals surface area (Å²) in [5, 5.41) is 1.73. The minimum absolute atomic E-state index is 0.308. The van der Waals surface area contributed by atoms with E-state index in [0.717, 1.165) is 49.2 Å². The standard InChI is InChI=1S/C22H25N3O2S/c1-2-24-14-16-25(17-15-24)21-12-13-22(20-11-7-6-10-19(20)21)28(26,27)23-18-8-4-3-5-9-18/h3-13,23H,2,14-17H2,1H3. The van der Waals surface area contributed by atoms with Gasteiger partial charge in [-0.2, -0.15) is 0 Å². The van der Waals surface area contributed by atoms with Crippen molar-refractivity contribution in [3.63, 3.8) is 0 Å². The molecule has 0 atom stereocenters. The third kappa shape index (κ3) is 3.70. The molecule has 3 aromatic rings. The van der Waals surface area contributed by atoms with Gasteiger partial charge in [-0.15, -0.1) is 0 Å². The van der Waals surface area contributed by atoms with Gasteiger partial charge in [0.05, 0.1) is 4.90 Å². The summed E-state index contributed by atoms with van der Waals surface area (Å²) in [5.41, 5.74) is 1.66. The van der Waals surface area contributed by atoms with Gasteiger partial charge in [0, 0.05) is 48.3 Å². The van der Waals surface area contributed by atoms with Gasteiger partial charge < -0.3 is 9.80 Å². The number of benzene rings is 3. The van der Waals surface area contributed by atoms with Crippen LogP contribution < -0.4 is 9.62 Å². The SMILES string of the molecule is CCN1CCN(c2ccc(S(=O)(=O)Nc3ccccc3)c3ccccc23)CC1. The number of sulfonamides is 1. The molecular formula is C22H25N3O2S. The van der Waals surface area contributed by atoms with E-state index in [4.69, 9.17) is 0 Å². The van der Waals surface area contributed by atoms with Crippen molar-refractivity contribution in [1.29, 1.82) is 0 Å². The van der Waals surface area contributed by atoms with Gasteiger partial charge in [0.2, 0.25) is 0 Å². The fourth-order valence-electron chi connectivity index (χ4n) is 3.79. The van der Waals surface area contributed by atoms with Gasteiger partial charge >= 0.3 is 0 Å². The lowest BCUT2D eigenvalue weighted by Crippen LogP contribution is -2.46. The molecule has 1 aliphatic heterocycles. The molecule has 0 radical (unpaired) electrons. The highest BCUT2D eigenvalue weighted by atomic mass is 32.2. The van der Waals surface area contributed by atoms with Crippen molar-refractivity contribution in [3.8, 4) is 0 Å². The molecule has 1 heterocycles. The first-order valence-electron chi connectivity index (χ1n) is 9.65. The average molecular weight is 396 g/mol. The third-order valence-corrected chi connectivity index (χ3v) is 6.78. The minimum Gasteiger partial charge on any atom is -0.368 e. The van der Waals surface area contributed by atoms with Gasteiger partial charge in [-0.25, -0.2) is 8.42 Å². The first-order chi connectivity index (χ1) is 13.6. The summed E-state index contributed by atoms with van der Waals surface area (Å²) in [4.78, 5) is 5.10. The molecule has 146 valence electrons. The maximum atomic E-state index is 13.1. The summed E-state index contributed by atoms with van der Waals surface area (Å²) < 4.78 is 28.8. The van der Waals surface area contributed by atoms with Crippen LogP contribution >= 0.6 is 0 Å². The van der Waals surface area contributed by atoms with E-state index in [0.29, 0.717) is 10.6 Å². The second kappa shape index (κ2) is 7.81. The van der Waals surface area contributed by atoms with Crippen molar-refractivity contribution in [2.45, 2.75) is 11.8 Å². The van der Waals surface area contributed by atoms with E-state index >= 15 is 0 Å². The van der Waals surface area contributed by atoms with Crippen LogP contribution in [0, 0.1) is 0 Å². The molecule has 0 aromatic heterocycles. The van der Waals surface area contributed by atoms with Gasteiger partial charge in [-0.1, -0.05) is 49.4 Å². The van der Waals surface area contributed by atoms with Gasteiger partial charge in [-0.05, 0) is 30.8 Å². The minimum atomic E-state index is -3.68. The van der Waals surface area contributed by atoms with Crippen LogP contribution in [-0.4, -0.2) is 46.0 Å². The Balaban J connectivity index is 1.72. The zero-order valence-electron chi connectivity index (χ0n) is 16.0. The van der Waals surface area contributed by atoms with Crippen LogP contribution in [0.3, 0.4) is 0 Å². The highest BCUT2D eigenvalue weighted by Gasteiger charge is 2.22. The normalized spacial score (nSPS) is 15.7. The fourth-order valence-corrected chi connectivity index (χ4v) is 5.06. The summed E-state index contributed by atoms with van der Waals surface area (Å²) in [5.74, 6) is 0. The largest absolute Gasteiger partial charge is 0.368 e. The van der Waals surface area contributed by atoms with E-state index in [1.807, 2.05) is 48.5 Å². The summed E-state index contributed by atoms with van der Waals surface area (Å²) in [6, 6.07) is 20.4. The van der Waals surface area contributed by atoms with E-state index in [9.17, 15) is 8.42 Å². The maximum Gasteiger partial charge on any atom is 0.262 e. The van der Waals surface area contributed by atoms with Crippen LogP contribution in [-0.2, 0) is 10.0 Å². The van der Waals surface area contributed by atoms with E-state index in [1.54, 1.807) is 18.2 Å². The topological polar surface area (TPSA) is 52.7 Å². The summed E-state index contributed by atoms with van der Waals surface area (Å²) in [7, 11) is -3.68. The van der Waals surface area contributed by atoms with Crippen LogP contribution in [0.2, 0.25) is 0 Å². The Kier molecular flexibility index (Phi) is 5.24. The number of nitrogens with one attached hydrogen (secondary N) is 1. The number of piperazine rings is 1. The number of hydrogen-bond donors (Lipinski definition) is 1. The molecule has 0 amide bonds. The number of rotatable bonds is 5. The average Bonchev–Trinajstić information content (AvgIpc) is 2.73. The summed E-state index contributed by atoms with van der Waals surface area (Å²) >= 11 is 0. The molecule has 5 nitrogen and oxygen atoms in total. The van der Waals surface area contributed by atoms with E-state index in [2.05, 4.69) is 21.4 Å². The van der Waals surface area contributed by atoms with E-state index in [1.165, 1.54) is 0 Å². The summed E-state index contributed by atoms with van der Waals surface area (Å²) in [6.07, 6.45) is 0. The van der Waals surface area contributed by atoms with E-state index in [-0.39, 0.29) is 0 Å². The monoisotopic (exact) mass is 395 g/mol. The van der Waals surface area contributed by atoms with Crippen molar-refractivity contribution in [3.05, 3.63) is 66.7 Å². The van der Waals surface area contributed by atoms with Crippen molar-refractivity contribution < 1.29 is 8.42 Å². The Morgan fingerprint density at radius 1 is 0.821 bits per heavy atom. The maximum absolute atomic E-state index is 13.1. The number of likely N-dealkylation sites (N-methyl/N-ethyl adjacent to an activating group) is 1. The van der Waals surface area contributed by atoms with Crippen LogP contribution in [0.4, 0.5) is 11.4 Å². The molecule has 28 heavy (non-hydrogen) atoms. The number of anilines is 2. The lowest BCUT2D eigenvalue weighted by Gasteiger charge is -2.36. The number of fused-ring (bicyclic) bond motifs is 1. The van der Waals surface area contributed by atoms with Crippen molar-refractivity contribution >= 4 is 32.2 Å². The second-order valence-electron chi connectivity index (χ2n) is 7.02. The van der Waals surface area contributed by atoms with Crippen molar-refractivity contribution in [1.82, 2.24) is 4.90 Å². The van der Waals surface area contributed by atoms with Crippen LogP contribution in [0.15, 0.2) is 71.6 Å². The number of para-hydroxylation sites is 1. The molecule has 6 heteroatoms. The van der Waals surface area contributed by atoms with Crippen LogP contribution in [0.25, 0.3) is 10.8 Å². The molecule has 0 saturated carbocycles. The van der Waals surface area contributed by atoms with Gasteiger partial charge in [0.1, 0.15) is 0 Å². The van der Waals surface area contributed by atoms with E-state index < -0.39 is 10.0 Å². The Morgan fingerprint density at radius 3 is 2.14 bits per heavy atom. The molecule has 0 aliphatic carbocycles. The molecular weight excluding hydrogens is 370 g/mol. The molecule has 1 fully saturated rings. The van der Waals surface area contributed by atoms with Crippen molar-refractivity contribution in [2.75, 3.05) is 42.3 Å². The highest BCUT2D eigenvalue weighted by molar-refractivity contribution is 7.93. The number of nitrogens with zero attached hydrogens (tertiary/aromatic N) is 2. The van der Waals surface area contributed by atoms with Crippen LogP contribution in [0.1, 0.15) is 6.92 Å². The Labute approximate surface area is 166 Å². The third-order valence-electron chi connectivity index (χ3n) is 5.34. The number of hydrogen-bond acceptors (Lipinski definition) is 4. The molecule has 1 N–H and O–H groups in total. The lowest BCUT2D eigenvalue weighted by atomic mass is 10.1. The quantitative estimate of drug-likeness (QED) is 0.714. The molecule has 0 spiro atoms. The first kappa shape index (κ1) is 18.8. The molecule has 1 saturated heterocycles. The van der Waals surface area contributed by atoms with Crippen molar-refractivity contribution in [2.24, 2.45) is 0 Å². The lowest BCUT2D eigenvalue weighted by molar-refractivity contribution is 0.271. The first-order valence-corrected chi connectivity index (χ1v) is 11.1. The molecule has 3 aromatic carbocycles. The molecule has 0 bridgehead atoms. The smallest absolute Gasteiger partial charge is 0.262 e. The highest BCUT2D eigenvalue weighted by Crippen LogP contribution is 2.33. The molecule has 4 rings (SSSR count). The molecule has 1 aliphatic rings. The zero-order chi connectivity index (χ0) is 19.6. The predicted octanol–water partition coefficient (Wildman–Crippen LogP) is 3.78. The summed E-state index contributed by atoms with van der Waals surface area (Å²) in [6.45, 7) is 7.21. The Hall–Kier alpha value is -2.57. The van der Waals surface area contributed by atoms with Gasteiger partial charge in [0.25, 0.3) is 10.0 Å². The second-order valence-corrected chi connectivity index (χ2v) is 8.67. The predicted molar refractivity (Wildman–Crippen MR) is 116 cm³/mol.